The van der Waals surface area contributed by atoms with Crippen LogP contribution in [0.1, 0.15) is 39.5 Å². The Kier molecular flexibility index (Phi) is 5.02. The first kappa shape index (κ1) is 14.1. The zero-order chi connectivity index (χ0) is 13.7. The standard InChI is InChI=1S/C15H25N3O/c1-3-14(4-2)19-15-8-13(9-17-10-15)18-7-5-6-12(16)11-18/h8-10,12,14H,3-7,11,16H2,1-2H3. The van der Waals surface area contributed by atoms with Crippen LogP contribution >= 0.6 is 0 Å². The molecule has 106 valence electrons. The van der Waals surface area contributed by atoms with Gasteiger partial charge in [-0.2, -0.15) is 0 Å². The molecule has 1 atom stereocenters. The van der Waals surface area contributed by atoms with Gasteiger partial charge in [0, 0.05) is 25.2 Å². The van der Waals surface area contributed by atoms with E-state index < -0.39 is 0 Å². The third-order valence-electron chi connectivity index (χ3n) is 3.74. The molecule has 4 nitrogen and oxygen atoms in total. The molecule has 0 bridgehead atoms. The summed E-state index contributed by atoms with van der Waals surface area (Å²) in [5.41, 5.74) is 7.15. The van der Waals surface area contributed by atoms with E-state index in [1.165, 1.54) is 0 Å². The number of ether oxygens (including phenoxy) is 1. The van der Waals surface area contributed by atoms with E-state index in [1.54, 1.807) is 6.20 Å². The molecule has 1 fully saturated rings. The maximum Gasteiger partial charge on any atom is 0.140 e. The molecule has 0 aromatic carbocycles. The lowest BCUT2D eigenvalue weighted by atomic mass is 10.1. The summed E-state index contributed by atoms with van der Waals surface area (Å²) in [4.78, 5) is 6.61. The quantitative estimate of drug-likeness (QED) is 0.887. The molecule has 0 saturated carbocycles. The number of nitrogens with two attached hydrogens (primary N) is 1. The van der Waals surface area contributed by atoms with Gasteiger partial charge in [0.15, 0.2) is 0 Å². The number of hydrogen-bond acceptors (Lipinski definition) is 4. The molecule has 0 amide bonds. The summed E-state index contributed by atoms with van der Waals surface area (Å²) in [6.45, 7) is 6.27. The smallest absolute Gasteiger partial charge is 0.140 e. The van der Waals surface area contributed by atoms with Gasteiger partial charge in [-0.05, 0) is 25.7 Å². The minimum Gasteiger partial charge on any atom is -0.489 e. The second-order valence-electron chi connectivity index (χ2n) is 5.28. The van der Waals surface area contributed by atoms with E-state index in [0.717, 1.165) is 50.2 Å². The van der Waals surface area contributed by atoms with Gasteiger partial charge in [-0.15, -0.1) is 0 Å². The summed E-state index contributed by atoms with van der Waals surface area (Å²) >= 11 is 0. The van der Waals surface area contributed by atoms with Gasteiger partial charge in [0.05, 0.1) is 24.2 Å². The van der Waals surface area contributed by atoms with Gasteiger partial charge in [-0.3, -0.25) is 4.98 Å². The van der Waals surface area contributed by atoms with Gasteiger partial charge in [-0.1, -0.05) is 13.8 Å². The molecule has 0 radical (unpaired) electrons. The fraction of sp³-hybridized carbons (Fsp3) is 0.667. The zero-order valence-electron chi connectivity index (χ0n) is 12.0. The van der Waals surface area contributed by atoms with Crippen molar-refractivity contribution in [3.8, 4) is 5.75 Å². The summed E-state index contributed by atoms with van der Waals surface area (Å²) < 4.78 is 5.95. The van der Waals surface area contributed by atoms with Crippen molar-refractivity contribution in [1.29, 1.82) is 0 Å². The first-order chi connectivity index (χ1) is 9.22. The van der Waals surface area contributed by atoms with Crippen LogP contribution in [0.3, 0.4) is 0 Å². The maximum absolute atomic E-state index is 6.03. The highest BCUT2D eigenvalue weighted by Gasteiger charge is 2.17. The normalized spacial score (nSPS) is 19.8. The second kappa shape index (κ2) is 6.75. The third kappa shape index (κ3) is 3.83. The number of anilines is 1. The summed E-state index contributed by atoms with van der Waals surface area (Å²) in [5, 5.41) is 0. The Hall–Kier alpha value is -1.29. The number of pyridine rings is 1. The Balaban J connectivity index is 2.05. The Morgan fingerprint density at radius 1 is 1.42 bits per heavy atom. The van der Waals surface area contributed by atoms with E-state index in [0.29, 0.717) is 0 Å². The molecule has 2 N–H and O–H groups in total. The number of aromatic nitrogens is 1. The van der Waals surface area contributed by atoms with E-state index in [1.807, 2.05) is 6.20 Å². The highest BCUT2D eigenvalue weighted by Crippen LogP contribution is 2.24. The van der Waals surface area contributed by atoms with Gasteiger partial charge >= 0.3 is 0 Å². The number of rotatable bonds is 5. The van der Waals surface area contributed by atoms with Crippen LogP contribution in [0, 0.1) is 0 Å². The molecule has 0 spiro atoms. The van der Waals surface area contributed by atoms with Crippen molar-refractivity contribution in [2.75, 3.05) is 18.0 Å². The minimum absolute atomic E-state index is 0.275. The van der Waals surface area contributed by atoms with E-state index in [2.05, 4.69) is 29.8 Å². The molecule has 1 aliphatic heterocycles. The van der Waals surface area contributed by atoms with Gasteiger partial charge in [0.25, 0.3) is 0 Å². The Morgan fingerprint density at radius 3 is 2.89 bits per heavy atom. The molecule has 1 aromatic heterocycles. The molecule has 0 aliphatic carbocycles. The average molecular weight is 263 g/mol. The van der Waals surface area contributed by atoms with Crippen LogP contribution in [0.15, 0.2) is 18.5 Å². The summed E-state index contributed by atoms with van der Waals surface area (Å²) in [6, 6.07) is 2.36. The summed E-state index contributed by atoms with van der Waals surface area (Å²) in [7, 11) is 0. The zero-order valence-corrected chi connectivity index (χ0v) is 12.0. The maximum atomic E-state index is 6.03. The predicted octanol–water partition coefficient (Wildman–Crippen LogP) is 2.58. The highest BCUT2D eigenvalue weighted by atomic mass is 16.5. The SMILES string of the molecule is CCC(CC)Oc1cncc(N2CCCC(N)C2)c1. The number of hydrogen-bond donors (Lipinski definition) is 1. The lowest BCUT2D eigenvalue weighted by molar-refractivity contribution is 0.192. The van der Waals surface area contributed by atoms with E-state index >= 15 is 0 Å². The van der Waals surface area contributed by atoms with Crippen LogP contribution in [-0.2, 0) is 0 Å². The molecular formula is C15H25N3O. The first-order valence-corrected chi connectivity index (χ1v) is 7.35. The van der Waals surface area contributed by atoms with Gasteiger partial charge < -0.3 is 15.4 Å². The van der Waals surface area contributed by atoms with E-state index in [4.69, 9.17) is 10.5 Å². The van der Waals surface area contributed by atoms with Crippen LogP contribution in [0.2, 0.25) is 0 Å². The van der Waals surface area contributed by atoms with Crippen LogP contribution in [0.4, 0.5) is 5.69 Å². The first-order valence-electron chi connectivity index (χ1n) is 7.35. The topological polar surface area (TPSA) is 51.4 Å². The molecule has 1 unspecified atom stereocenters. The van der Waals surface area contributed by atoms with Gasteiger partial charge in [-0.25, -0.2) is 0 Å². The van der Waals surface area contributed by atoms with Crippen LogP contribution in [-0.4, -0.2) is 30.2 Å². The van der Waals surface area contributed by atoms with Crippen LogP contribution in [0.5, 0.6) is 5.75 Å². The van der Waals surface area contributed by atoms with Crippen molar-refractivity contribution in [2.45, 2.75) is 51.7 Å². The van der Waals surface area contributed by atoms with Crippen molar-refractivity contribution in [3.05, 3.63) is 18.5 Å². The molecule has 2 rings (SSSR count). The largest absolute Gasteiger partial charge is 0.489 e. The number of nitrogens with zero attached hydrogens (tertiary/aromatic N) is 2. The predicted molar refractivity (Wildman–Crippen MR) is 78.7 cm³/mol. The molecule has 1 aromatic rings. The molecule has 4 heteroatoms. The average Bonchev–Trinajstić information content (AvgIpc) is 2.45. The fourth-order valence-electron chi connectivity index (χ4n) is 2.54. The Morgan fingerprint density at radius 2 is 2.21 bits per heavy atom. The Bertz CT molecular complexity index is 393. The monoisotopic (exact) mass is 263 g/mol. The van der Waals surface area contributed by atoms with Crippen LogP contribution < -0.4 is 15.4 Å². The summed E-state index contributed by atoms with van der Waals surface area (Å²) in [6.07, 6.45) is 8.29. The molecule has 1 saturated heterocycles. The van der Waals surface area contributed by atoms with E-state index in [9.17, 15) is 0 Å². The highest BCUT2D eigenvalue weighted by molar-refractivity contribution is 5.48. The molecule has 19 heavy (non-hydrogen) atoms. The van der Waals surface area contributed by atoms with Gasteiger partial charge in [0.2, 0.25) is 0 Å². The molecular weight excluding hydrogens is 238 g/mol. The van der Waals surface area contributed by atoms with Crippen LogP contribution in [0.25, 0.3) is 0 Å². The minimum atomic E-state index is 0.275. The number of piperidine rings is 1. The second-order valence-corrected chi connectivity index (χ2v) is 5.28. The molecule has 1 aliphatic rings. The Labute approximate surface area is 116 Å². The lowest BCUT2D eigenvalue weighted by Crippen LogP contribution is -2.42. The summed E-state index contributed by atoms with van der Waals surface area (Å²) in [5.74, 6) is 0.866. The van der Waals surface area contributed by atoms with E-state index in [-0.39, 0.29) is 12.1 Å². The third-order valence-corrected chi connectivity index (χ3v) is 3.74. The van der Waals surface area contributed by atoms with Crippen molar-refractivity contribution < 1.29 is 4.74 Å². The fourth-order valence-corrected chi connectivity index (χ4v) is 2.54. The molecule has 2 heterocycles. The van der Waals surface area contributed by atoms with Crippen molar-refractivity contribution in [3.63, 3.8) is 0 Å². The van der Waals surface area contributed by atoms with Crippen molar-refractivity contribution in [2.24, 2.45) is 5.73 Å². The van der Waals surface area contributed by atoms with Gasteiger partial charge in [0.1, 0.15) is 5.75 Å². The van der Waals surface area contributed by atoms with Crippen molar-refractivity contribution >= 4 is 5.69 Å². The lowest BCUT2D eigenvalue weighted by Gasteiger charge is -2.32. The van der Waals surface area contributed by atoms with Crippen molar-refractivity contribution in [1.82, 2.24) is 4.98 Å².